The molecule has 2 saturated carbocycles. The highest BCUT2D eigenvalue weighted by Gasteiger charge is 2.56. The zero-order valence-electron chi connectivity index (χ0n) is 21.5. The monoisotopic (exact) mass is 550 g/mol. The third kappa shape index (κ3) is 6.16. The molecule has 2 aliphatic carbocycles. The van der Waals surface area contributed by atoms with E-state index in [1.807, 2.05) is 0 Å². The molecular weight excluding hydrogens is 522 g/mol. The van der Waals surface area contributed by atoms with E-state index in [4.69, 9.17) is 15.3 Å². The molecule has 0 unspecified atom stereocenters. The summed E-state index contributed by atoms with van der Waals surface area (Å²) in [6.45, 7) is 0. The molecule has 4 N–H and O–H groups in total. The van der Waals surface area contributed by atoms with E-state index in [1.165, 1.54) is 55.4 Å². The highest BCUT2D eigenvalue weighted by Crippen LogP contribution is 2.47. The number of nitrogens with two attached hydrogens (primary N) is 1. The lowest BCUT2D eigenvalue weighted by Gasteiger charge is -2.19. The number of hydrogen-bond acceptors (Lipinski definition) is 8. The Labute approximate surface area is 229 Å². The summed E-state index contributed by atoms with van der Waals surface area (Å²) in [5.74, 6) is -2.42. The fraction of sp³-hybridized carbons (Fsp3) is 0.321. The average molecular weight is 551 g/mol. The third-order valence-corrected chi connectivity index (χ3v) is 6.94. The van der Waals surface area contributed by atoms with Crippen LogP contribution in [0, 0.1) is 17.0 Å². The van der Waals surface area contributed by atoms with Crippen LogP contribution in [0.2, 0.25) is 0 Å². The smallest absolute Gasteiger partial charge is 0.240 e. The number of rotatable bonds is 9. The second-order valence-electron chi connectivity index (χ2n) is 9.82. The van der Waals surface area contributed by atoms with E-state index in [-0.39, 0.29) is 34.8 Å². The molecule has 10 nitrogen and oxygen atoms in total. The predicted molar refractivity (Wildman–Crippen MR) is 144 cm³/mol. The van der Waals surface area contributed by atoms with Gasteiger partial charge in [-0.05, 0) is 74.9 Å². The molecule has 2 amide bonds. The zero-order valence-corrected chi connectivity index (χ0v) is 21.5. The second kappa shape index (κ2) is 11.6. The lowest BCUT2D eigenvalue weighted by atomic mass is 9.98. The van der Waals surface area contributed by atoms with Crippen LogP contribution in [0.4, 0.5) is 26.0 Å². The fourth-order valence-electron chi connectivity index (χ4n) is 4.42. The number of nitrogens with zero attached hydrogens (tertiary/aromatic N) is 3. The largest absolute Gasteiger partial charge is 0.435 e. The van der Waals surface area contributed by atoms with Gasteiger partial charge in [-0.15, -0.1) is 0 Å². The molecule has 40 heavy (non-hydrogen) atoms. The molecule has 3 aromatic rings. The number of amides is 2. The Morgan fingerprint density at radius 2 is 1.65 bits per heavy atom. The molecule has 1 aromatic heterocycles. The van der Waals surface area contributed by atoms with Crippen LogP contribution in [0.5, 0.6) is 11.6 Å². The molecule has 1 heterocycles. The third-order valence-electron chi connectivity index (χ3n) is 6.94. The molecule has 5 rings (SSSR count). The topological polar surface area (TPSA) is 141 Å². The standard InChI is InChI=1S/C28H28F2N6O4/c29-17-6-8-18(9-7-17)35-26(37)28(12-13-28)27(38)36-19-10-11-23(22(30)14-19)39-25-21(24(31)32-16-33-25)15-34-40-20-4-2-1-3-5-20/h6-11,14-16,20H,1-5,12-13H2,(H,35,37)(H,36,38)(H2,31,32,33)/b34-15+. The van der Waals surface area contributed by atoms with Crippen LogP contribution >= 0.6 is 0 Å². The summed E-state index contributed by atoms with van der Waals surface area (Å²) in [4.78, 5) is 39.2. The van der Waals surface area contributed by atoms with Crippen molar-refractivity contribution in [3.05, 3.63) is 66.0 Å². The molecule has 0 bridgehead atoms. The number of halogens is 2. The molecule has 0 saturated heterocycles. The summed E-state index contributed by atoms with van der Waals surface area (Å²) in [5.41, 5.74) is 5.43. The summed E-state index contributed by atoms with van der Waals surface area (Å²) in [6.07, 6.45) is 8.44. The maximum atomic E-state index is 15.0. The second-order valence-corrected chi connectivity index (χ2v) is 9.82. The van der Waals surface area contributed by atoms with Crippen molar-refractivity contribution in [3.63, 3.8) is 0 Å². The van der Waals surface area contributed by atoms with E-state index in [0.29, 0.717) is 18.5 Å². The van der Waals surface area contributed by atoms with E-state index in [9.17, 15) is 18.4 Å². The number of nitrogen functional groups attached to an aromatic ring is 1. The van der Waals surface area contributed by atoms with Crippen LogP contribution in [0.1, 0.15) is 50.5 Å². The lowest BCUT2D eigenvalue weighted by Crippen LogP contribution is -2.35. The number of benzene rings is 2. The normalized spacial score (nSPS) is 16.4. The number of carbonyl (C=O) groups is 2. The highest BCUT2D eigenvalue weighted by molar-refractivity contribution is 6.16. The van der Waals surface area contributed by atoms with Crippen molar-refractivity contribution in [2.75, 3.05) is 16.4 Å². The first-order valence-electron chi connectivity index (χ1n) is 13.0. The van der Waals surface area contributed by atoms with Gasteiger partial charge in [0.2, 0.25) is 17.7 Å². The summed E-state index contributed by atoms with van der Waals surface area (Å²) >= 11 is 0. The van der Waals surface area contributed by atoms with Gasteiger partial charge in [0.15, 0.2) is 11.6 Å². The molecule has 0 aliphatic heterocycles. The summed E-state index contributed by atoms with van der Waals surface area (Å²) in [5, 5.41) is 9.24. The van der Waals surface area contributed by atoms with Gasteiger partial charge in [0.05, 0.1) is 6.21 Å². The molecule has 0 radical (unpaired) electrons. The minimum Gasteiger partial charge on any atom is -0.435 e. The van der Waals surface area contributed by atoms with Crippen LogP contribution in [0.25, 0.3) is 0 Å². The maximum absolute atomic E-state index is 15.0. The van der Waals surface area contributed by atoms with E-state index in [2.05, 4.69) is 25.8 Å². The number of hydrogen-bond donors (Lipinski definition) is 3. The quantitative estimate of drug-likeness (QED) is 0.190. The van der Waals surface area contributed by atoms with Crippen molar-refractivity contribution >= 4 is 35.2 Å². The van der Waals surface area contributed by atoms with Crippen molar-refractivity contribution in [1.82, 2.24) is 9.97 Å². The van der Waals surface area contributed by atoms with E-state index in [1.54, 1.807) is 0 Å². The van der Waals surface area contributed by atoms with Crippen LogP contribution < -0.4 is 21.1 Å². The Hall–Kier alpha value is -4.61. The van der Waals surface area contributed by atoms with Gasteiger partial charge >= 0.3 is 0 Å². The molecule has 2 fully saturated rings. The fourth-order valence-corrected chi connectivity index (χ4v) is 4.42. The number of ether oxygens (including phenoxy) is 1. The van der Waals surface area contributed by atoms with Gasteiger partial charge in [-0.1, -0.05) is 11.6 Å². The molecule has 2 aliphatic rings. The van der Waals surface area contributed by atoms with Gasteiger partial charge in [0.25, 0.3) is 0 Å². The van der Waals surface area contributed by atoms with Crippen molar-refractivity contribution in [2.24, 2.45) is 10.6 Å². The van der Waals surface area contributed by atoms with Gasteiger partial charge in [-0.3, -0.25) is 9.59 Å². The molecular formula is C28H28F2N6O4. The highest BCUT2D eigenvalue weighted by atomic mass is 19.1. The van der Waals surface area contributed by atoms with E-state index < -0.39 is 28.9 Å². The Balaban J connectivity index is 1.23. The Bertz CT molecular complexity index is 1420. The van der Waals surface area contributed by atoms with Gasteiger partial charge in [0.1, 0.15) is 35.0 Å². The summed E-state index contributed by atoms with van der Waals surface area (Å²) in [7, 11) is 0. The number of oxime groups is 1. The number of anilines is 3. The minimum absolute atomic E-state index is 0.0198. The van der Waals surface area contributed by atoms with Crippen molar-refractivity contribution < 1.29 is 27.9 Å². The molecule has 208 valence electrons. The van der Waals surface area contributed by atoms with Gasteiger partial charge in [-0.2, -0.15) is 0 Å². The summed E-state index contributed by atoms with van der Waals surface area (Å²) in [6, 6.07) is 9.06. The first-order valence-corrected chi connectivity index (χ1v) is 13.0. The van der Waals surface area contributed by atoms with Crippen molar-refractivity contribution in [3.8, 4) is 11.6 Å². The van der Waals surface area contributed by atoms with E-state index in [0.717, 1.165) is 31.7 Å². The van der Waals surface area contributed by atoms with Gasteiger partial charge in [0, 0.05) is 17.4 Å². The lowest BCUT2D eigenvalue weighted by molar-refractivity contribution is -0.131. The first kappa shape index (κ1) is 27.0. The van der Waals surface area contributed by atoms with Crippen molar-refractivity contribution in [1.29, 1.82) is 0 Å². The van der Waals surface area contributed by atoms with Gasteiger partial charge in [-0.25, -0.2) is 18.7 Å². The SMILES string of the molecule is Nc1ncnc(Oc2ccc(NC(=O)C3(C(=O)Nc4ccc(F)cc4)CC3)cc2F)c1/C=N/OC1CCCCC1. The minimum atomic E-state index is -1.29. The number of aromatic nitrogens is 2. The molecule has 0 atom stereocenters. The predicted octanol–water partition coefficient (Wildman–Crippen LogP) is 5.17. The zero-order chi connectivity index (χ0) is 28.1. The maximum Gasteiger partial charge on any atom is 0.240 e. The summed E-state index contributed by atoms with van der Waals surface area (Å²) < 4.78 is 33.8. The molecule has 12 heteroatoms. The Morgan fingerprint density at radius 3 is 2.33 bits per heavy atom. The van der Waals surface area contributed by atoms with Crippen LogP contribution in [-0.2, 0) is 14.4 Å². The Kier molecular flexibility index (Phi) is 7.85. The van der Waals surface area contributed by atoms with Gasteiger partial charge < -0.3 is 25.9 Å². The average Bonchev–Trinajstić information content (AvgIpc) is 3.76. The van der Waals surface area contributed by atoms with Crippen LogP contribution in [0.3, 0.4) is 0 Å². The van der Waals surface area contributed by atoms with Crippen molar-refractivity contribution in [2.45, 2.75) is 51.0 Å². The molecule has 0 spiro atoms. The van der Waals surface area contributed by atoms with Crippen LogP contribution in [-0.4, -0.2) is 34.1 Å². The number of nitrogens with one attached hydrogen (secondary N) is 2. The Morgan fingerprint density at radius 1 is 0.975 bits per heavy atom. The first-order chi connectivity index (χ1) is 19.3. The molecule has 2 aromatic carbocycles. The van der Waals surface area contributed by atoms with Crippen LogP contribution in [0.15, 0.2) is 53.9 Å². The number of carbonyl (C=O) groups excluding carboxylic acids is 2. The van der Waals surface area contributed by atoms with E-state index >= 15 is 0 Å².